The summed E-state index contributed by atoms with van der Waals surface area (Å²) < 4.78 is 1.49. The highest BCUT2D eigenvalue weighted by Gasteiger charge is 2.06. The zero-order valence-electron chi connectivity index (χ0n) is 13.7. The van der Waals surface area contributed by atoms with E-state index in [4.69, 9.17) is 0 Å². The molecule has 2 aromatic carbocycles. The Kier molecular flexibility index (Phi) is 4.61. The first-order chi connectivity index (χ1) is 11.6. The molecule has 0 saturated heterocycles. The second-order valence-electron chi connectivity index (χ2n) is 5.67. The molecule has 0 bridgehead atoms. The van der Waals surface area contributed by atoms with Crippen LogP contribution < -0.4 is 16.2 Å². The van der Waals surface area contributed by atoms with Crippen LogP contribution in [0.25, 0.3) is 0 Å². The highest BCUT2D eigenvalue weighted by Crippen LogP contribution is 2.21. The van der Waals surface area contributed by atoms with Gasteiger partial charge in [-0.2, -0.15) is 0 Å². The zero-order valence-corrected chi connectivity index (χ0v) is 13.7. The molecule has 0 saturated carbocycles. The van der Waals surface area contributed by atoms with Gasteiger partial charge >= 0.3 is 0 Å². The second kappa shape index (κ2) is 7.00. The van der Waals surface area contributed by atoms with Gasteiger partial charge in [0.15, 0.2) is 5.82 Å². The van der Waals surface area contributed by atoms with E-state index in [-0.39, 0.29) is 11.6 Å². The molecule has 5 heteroatoms. The maximum absolute atomic E-state index is 12.0. The predicted molar refractivity (Wildman–Crippen MR) is 97.7 cm³/mol. The Balaban J connectivity index is 1.69. The van der Waals surface area contributed by atoms with E-state index in [0.29, 0.717) is 5.82 Å². The maximum atomic E-state index is 12.0. The van der Waals surface area contributed by atoms with Crippen LogP contribution in [0.5, 0.6) is 0 Å². The number of rotatable bonds is 5. The molecular weight excluding hydrogens is 300 g/mol. The van der Waals surface area contributed by atoms with Crippen molar-refractivity contribution in [2.45, 2.75) is 13.0 Å². The smallest absolute Gasteiger partial charge is 0.293 e. The first kappa shape index (κ1) is 15.8. The molecule has 0 fully saturated rings. The lowest BCUT2D eigenvalue weighted by atomic mass is 10.1. The number of aryl methyl sites for hydroxylation is 1. The summed E-state index contributed by atoms with van der Waals surface area (Å²) in [6.45, 7) is 2.12. The van der Waals surface area contributed by atoms with Crippen LogP contribution in [0.4, 0.5) is 17.2 Å². The van der Waals surface area contributed by atoms with Crippen molar-refractivity contribution in [3.63, 3.8) is 0 Å². The van der Waals surface area contributed by atoms with Crippen LogP contribution in [0.3, 0.4) is 0 Å². The van der Waals surface area contributed by atoms with Gasteiger partial charge in [0.2, 0.25) is 0 Å². The largest absolute Gasteiger partial charge is 0.379 e. The molecule has 0 aliphatic carbocycles. The van der Waals surface area contributed by atoms with Crippen LogP contribution in [0.2, 0.25) is 0 Å². The van der Waals surface area contributed by atoms with Crippen LogP contribution in [0.15, 0.2) is 71.8 Å². The van der Waals surface area contributed by atoms with Gasteiger partial charge in [0, 0.05) is 36.9 Å². The van der Waals surface area contributed by atoms with Crippen LogP contribution >= 0.6 is 0 Å². The molecule has 1 atom stereocenters. The summed E-state index contributed by atoms with van der Waals surface area (Å²) in [7, 11) is 1.70. The van der Waals surface area contributed by atoms with Gasteiger partial charge in [0.1, 0.15) is 0 Å². The average Bonchev–Trinajstić information content (AvgIpc) is 2.61. The summed E-state index contributed by atoms with van der Waals surface area (Å²) in [5, 5.41) is 6.51. The fraction of sp³-hybridized carbons (Fsp3) is 0.158. The topological polar surface area (TPSA) is 59.0 Å². The minimum atomic E-state index is -0.155. The number of nitrogens with zero attached hydrogens (tertiary/aromatic N) is 2. The molecule has 0 amide bonds. The fourth-order valence-corrected chi connectivity index (χ4v) is 2.45. The third kappa shape index (κ3) is 3.63. The van der Waals surface area contributed by atoms with Crippen molar-refractivity contribution in [2.75, 3.05) is 10.6 Å². The highest BCUT2D eigenvalue weighted by molar-refractivity contribution is 5.60. The Bertz CT molecular complexity index is 857. The first-order valence-electron chi connectivity index (χ1n) is 7.84. The number of benzene rings is 2. The summed E-state index contributed by atoms with van der Waals surface area (Å²) >= 11 is 0. The van der Waals surface area contributed by atoms with Crippen molar-refractivity contribution in [3.05, 3.63) is 82.9 Å². The SMILES string of the molecule is C[C@H](Nc1ccc(Nc2nccn(C)c2=O)cc1)c1ccccc1. The van der Waals surface area contributed by atoms with Gasteiger partial charge in [-0.15, -0.1) is 0 Å². The van der Waals surface area contributed by atoms with Gasteiger partial charge in [0.05, 0.1) is 0 Å². The van der Waals surface area contributed by atoms with Crippen LogP contribution in [0, 0.1) is 0 Å². The molecule has 1 aromatic heterocycles. The molecule has 0 aliphatic heterocycles. The molecule has 0 unspecified atom stereocenters. The monoisotopic (exact) mass is 320 g/mol. The van der Waals surface area contributed by atoms with E-state index in [1.165, 1.54) is 10.1 Å². The van der Waals surface area contributed by atoms with Crippen molar-refractivity contribution in [1.29, 1.82) is 0 Å². The Morgan fingerprint density at radius 3 is 2.38 bits per heavy atom. The molecular formula is C19H20N4O. The minimum Gasteiger partial charge on any atom is -0.379 e. The van der Waals surface area contributed by atoms with E-state index < -0.39 is 0 Å². The standard InChI is InChI=1S/C19H20N4O/c1-14(15-6-4-3-5-7-15)21-16-8-10-17(11-9-16)22-18-19(24)23(2)13-12-20-18/h3-14,21H,1-2H3,(H,20,22)/t14-/m0/s1. The van der Waals surface area contributed by atoms with Crippen LogP contribution in [0.1, 0.15) is 18.5 Å². The summed E-state index contributed by atoms with van der Waals surface area (Å²) in [4.78, 5) is 16.1. The lowest BCUT2D eigenvalue weighted by Gasteiger charge is -2.16. The van der Waals surface area contributed by atoms with Crippen LogP contribution in [-0.2, 0) is 7.05 Å². The molecule has 0 aliphatic rings. The average molecular weight is 320 g/mol. The van der Waals surface area contributed by atoms with Gasteiger partial charge in [-0.3, -0.25) is 4.79 Å². The van der Waals surface area contributed by atoms with Gasteiger partial charge in [-0.25, -0.2) is 4.98 Å². The number of hydrogen-bond donors (Lipinski definition) is 2. The third-order valence-electron chi connectivity index (χ3n) is 3.85. The van der Waals surface area contributed by atoms with Crippen LogP contribution in [-0.4, -0.2) is 9.55 Å². The molecule has 3 aromatic rings. The fourth-order valence-electron chi connectivity index (χ4n) is 2.45. The second-order valence-corrected chi connectivity index (χ2v) is 5.67. The normalized spacial score (nSPS) is 11.8. The van der Waals surface area contributed by atoms with Gasteiger partial charge in [-0.1, -0.05) is 30.3 Å². The van der Waals surface area contributed by atoms with Gasteiger partial charge in [0.25, 0.3) is 5.56 Å². The lowest BCUT2D eigenvalue weighted by Crippen LogP contribution is -2.20. The van der Waals surface area contributed by atoms with E-state index in [1.54, 1.807) is 19.4 Å². The first-order valence-corrected chi connectivity index (χ1v) is 7.84. The minimum absolute atomic E-state index is 0.155. The number of anilines is 3. The molecule has 5 nitrogen and oxygen atoms in total. The van der Waals surface area contributed by atoms with Crippen molar-refractivity contribution in [2.24, 2.45) is 7.05 Å². The third-order valence-corrected chi connectivity index (χ3v) is 3.85. The number of hydrogen-bond acceptors (Lipinski definition) is 4. The zero-order chi connectivity index (χ0) is 16.9. The summed E-state index contributed by atoms with van der Waals surface area (Å²) in [6, 6.07) is 18.3. The molecule has 0 radical (unpaired) electrons. The predicted octanol–water partition coefficient (Wildman–Crippen LogP) is 3.70. The number of aromatic nitrogens is 2. The molecule has 3 rings (SSSR count). The highest BCUT2D eigenvalue weighted by atomic mass is 16.1. The maximum Gasteiger partial charge on any atom is 0.293 e. The summed E-state index contributed by atoms with van der Waals surface area (Å²) in [5.74, 6) is 0.318. The lowest BCUT2D eigenvalue weighted by molar-refractivity contribution is 0.845. The van der Waals surface area contributed by atoms with Crippen molar-refractivity contribution >= 4 is 17.2 Å². The molecule has 24 heavy (non-hydrogen) atoms. The Hall–Kier alpha value is -3.08. The molecule has 1 heterocycles. The molecule has 122 valence electrons. The van der Waals surface area contributed by atoms with Gasteiger partial charge in [-0.05, 0) is 36.8 Å². The van der Waals surface area contributed by atoms with E-state index in [1.807, 2.05) is 42.5 Å². The Morgan fingerprint density at radius 1 is 1.00 bits per heavy atom. The van der Waals surface area contributed by atoms with Crippen molar-refractivity contribution in [3.8, 4) is 0 Å². The Labute approximate surface area is 141 Å². The Morgan fingerprint density at radius 2 is 1.67 bits per heavy atom. The van der Waals surface area contributed by atoms with Gasteiger partial charge < -0.3 is 15.2 Å². The quantitative estimate of drug-likeness (QED) is 0.752. The molecule has 2 N–H and O–H groups in total. The summed E-state index contributed by atoms with van der Waals surface area (Å²) in [5.41, 5.74) is 2.92. The summed E-state index contributed by atoms with van der Waals surface area (Å²) in [6.07, 6.45) is 3.23. The van der Waals surface area contributed by atoms with E-state index >= 15 is 0 Å². The van der Waals surface area contributed by atoms with Crippen molar-refractivity contribution < 1.29 is 0 Å². The van der Waals surface area contributed by atoms with E-state index in [9.17, 15) is 4.79 Å². The van der Waals surface area contributed by atoms with E-state index in [2.05, 4.69) is 34.7 Å². The number of nitrogens with one attached hydrogen (secondary N) is 2. The van der Waals surface area contributed by atoms with E-state index in [0.717, 1.165) is 11.4 Å². The van der Waals surface area contributed by atoms with Crippen molar-refractivity contribution in [1.82, 2.24) is 9.55 Å². The molecule has 0 spiro atoms.